The monoisotopic (exact) mass is 335 g/mol. The van der Waals surface area contributed by atoms with Crippen molar-refractivity contribution < 1.29 is 4.39 Å². The molecule has 1 fully saturated rings. The van der Waals surface area contributed by atoms with Crippen molar-refractivity contribution in [3.63, 3.8) is 0 Å². The fourth-order valence-corrected chi connectivity index (χ4v) is 2.86. The molecule has 0 saturated carbocycles. The van der Waals surface area contributed by atoms with Crippen LogP contribution >= 0.6 is 31.9 Å². The second kappa shape index (κ2) is 4.93. The summed E-state index contributed by atoms with van der Waals surface area (Å²) in [6.45, 7) is 2.75. The minimum Gasteiger partial charge on any atom is -0.298 e. The SMILES string of the molecule is Fc1ccc(Br)cc1CN1CCC(Br)C1. The predicted octanol–water partition coefficient (Wildman–Crippen LogP) is 3.56. The number of hydrogen-bond acceptors (Lipinski definition) is 1. The molecule has 0 spiro atoms. The normalized spacial score (nSPS) is 22.2. The fourth-order valence-electron chi connectivity index (χ4n) is 1.83. The zero-order valence-electron chi connectivity index (χ0n) is 8.22. The Morgan fingerprint density at radius 1 is 1.47 bits per heavy atom. The van der Waals surface area contributed by atoms with Gasteiger partial charge in [0.15, 0.2) is 0 Å². The molecular formula is C11H12Br2FN. The number of nitrogens with zero attached hydrogens (tertiary/aromatic N) is 1. The Balaban J connectivity index is 2.07. The van der Waals surface area contributed by atoms with E-state index in [1.807, 2.05) is 6.07 Å². The maximum absolute atomic E-state index is 13.5. The van der Waals surface area contributed by atoms with Crippen LogP contribution in [0.25, 0.3) is 0 Å². The van der Waals surface area contributed by atoms with Crippen molar-refractivity contribution in [3.05, 3.63) is 34.1 Å². The van der Waals surface area contributed by atoms with Crippen LogP contribution < -0.4 is 0 Å². The van der Waals surface area contributed by atoms with Crippen LogP contribution in [0.4, 0.5) is 4.39 Å². The number of benzene rings is 1. The Kier molecular flexibility index (Phi) is 3.80. The molecule has 1 saturated heterocycles. The molecule has 0 aliphatic carbocycles. The summed E-state index contributed by atoms with van der Waals surface area (Å²) in [7, 11) is 0. The van der Waals surface area contributed by atoms with Crippen LogP contribution in [0, 0.1) is 5.82 Å². The Morgan fingerprint density at radius 2 is 2.27 bits per heavy atom. The van der Waals surface area contributed by atoms with Crippen molar-refractivity contribution >= 4 is 31.9 Å². The summed E-state index contributed by atoms with van der Waals surface area (Å²) < 4.78 is 14.4. The van der Waals surface area contributed by atoms with Gasteiger partial charge in [0.1, 0.15) is 5.82 Å². The first-order valence-corrected chi connectivity index (χ1v) is 6.66. The highest BCUT2D eigenvalue weighted by molar-refractivity contribution is 9.10. The van der Waals surface area contributed by atoms with Gasteiger partial charge >= 0.3 is 0 Å². The Morgan fingerprint density at radius 3 is 2.93 bits per heavy atom. The highest BCUT2D eigenvalue weighted by atomic mass is 79.9. The maximum Gasteiger partial charge on any atom is 0.127 e. The number of likely N-dealkylation sites (tertiary alicyclic amines) is 1. The van der Waals surface area contributed by atoms with Gasteiger partial charge in [0.05, 0.1) is 0 Å². The lowest BCUT2D eigenvalue weighted by Crippen LogP contribution is -2.20. The molecule has 1 aromatic rings. The van der Waals surface area contributed by atoms with Crippen LogP contribution in [-0.2, 0) is 6.54 Å². The number of halogens is 3. The molecule has 0 aromatic heterocycles. The van der Waals surface area contributed by atoms with Crippen molar-refractivity contribution in [2.24, 2.45) is 0 Å². The van der Waals surface area contributed by atoms with Crippen molar-refractivity contribution in [2.75, 3.05) is 13.1 Å². The second-order valence-corrected chi connectivity index (χ2v) is 6.07. The van der Waals surface area contributed by atoms with E-state index in [9.17, 15) is 4.39 Å². The molecule has 1 atom stereocenters. The lowest BCUT2D eigenvalue weighted by atomic mass is 10.2. The maximum atomic E-state index is 13.5. The lowest BCUT2D eigenvalue weighted by Gasteiger charge is -2.15. The average molecular weight is 337 g/mol. The van der Waals surface area contributed by atoms with E-state index in [4.69, 9.17) is 0 Å². The molecular weight excluding hydrogens is 325 g/mol. The van der Waals surface area contributed by atoms with E-state index >= 15 is 0 Å². The zero-order chi connectivity index (χ0) is 10.8. The molecule has 2 rings (SSSR count). The number of hydrogen-bond donors (Lipinski definition) is 0. The van der Waals surface area contributed by atoms with Gasteiger partial charge < -0.3 is 0 Å². The topological polar surface area (TPSA) is 3.24 Å². The smallest absolute Gasteiger partial charge is 0.127 e. The summed E-state index contributed by atoms with van der Waals surface area (Å²) in [6.07, 6.45) is 1.15. The minimum atomic E-state index is -0.115. The van der Waals surface area contributed by atoms with Crippen molar-refractivity contribution in [1.82, 2.24) is 4.90 Å². The van der Waals surface area contributed by atoms with Crippen LogP contribution in [0.2, 0.25) is 0 Å². The molecule has 15 heavy (non-hydrogen) atoms. The van der Waals surface area contributed by atoms with E-state index in [1.165, 1.54) is 6.07 Å². The summed E-state index contributed by atoms with van der Waals surface area (Å²) >= 11 is 6.94. The molecule has 1 aliphatic rings. The van der Waals surface area contributed by atoms with Gasteiger partial charge in [-0.3, -0.25) is 4.90 Å². The number of alkyl halides is 1. The molecule has 0 bridgehead atoms. The van der Waals surface area contributed by atoms with Gasteiger partial charge in [0.2, 0.25) is 0 Å². The van der Waals surface area contributed by atoms with Gasteiger partial charge in [-0.2, -0.15) is 0 Å². The highest BCUT2D eigenvalue weighted by Crippen LogP contribution is 2.22. The van der Waals surface area contributed by atoms with E-state index < -0.39 is 0 Å². The van der Waals surface area contributed by atoms with Gasteiger partial charge in [-0.25, -0.2) is 4.39 Å². The van der Waals surface area contributed by atoms with E-state index in [1.54, 1.807) is 6.07 Å². The molecule has 4 heteroatoms. The van der Waals surface area contributed by atoms with Crippen LogP contribution in [0.15, 0.2) is 22.7 Å². The molecule has 1 heterocycles. The molecule has 82 valence electrons. The molecule has 1 aromatic carbocycles. The van der Waals surface area contributed by atoms with Crippen LogP contribution in [0.1, 0.15) is 12.0 Å². The summed E-state index contributed by atoms with van der Waals surface area (Å²) in [6, 6.07) is 5.11. The van der Waals surface area contributed by atoms with E-state index in [0.717, 1.165) is 29.5 Å². The molecule has 0 amide bonds. The summed E-state index contributed by atoms with van der Waals surface area (Å²) in [5.74, 6) is -0.115. The van der Waals surface area contributed by atoms with Crippen LogP contribution in [0.3, 0.4) is 0 Å². The standard InChI is InChI=1S/C11H12Br2FN/c12-9-1-2-11(14)8(5-9)6-15-4-3-10(13)7-15/h1-2,5,10H,3-4,6-7H2. The first-order chi connectivity index (χ1) is 7.15. The quantitative estimate of drug-likeness (QED) is 0.746. The Labute approximate surface area is 106 Å². The first kappa shape index (κ1) is 11.6. The highest BCUT2D eigenvalue weighted by Gasteiger charge is 2.20. The third-order valence-electron chi connectivity index (χ3n) is 2.62. The lowest BCUT2D eigenvalue weighted by molar-refractivity contribution is 0.326. The molecule has 0 N–H and O–H groups in total. The number of rotatable bonds is 2. The van der Waals surface area contributed by atoms with E-state index in [0.29, 0.717) is 11.4 Å². The fraction of sp³-hybridized carbons (Fsp3) is 0.455. The van der Waals surface area contributed by atoms with E-state index in [-0.39, 0.29) is 5.82 Å². The average Bonchev–Trinajstić information content (AvgIpc) is 2.58. The molecule has 1 aliphatic heterocycles. The second-order valence-electron chi connectivity index (χ2n) is 3.86. The van der Waals surface area contributed by atoms with Crippen LogP contribution in [-0.4, -0.2) is 22.8 Å². The van der Waals surface area contributed by atoms with Gasteiger partial charge in [0.25, 0.3) is 0 Å². The summed E-state index contributed by atoms with van der Waals surface area (Å²) in [5, 5.41) is 0. The largest absolute Gasteiger partial charge is 0.298 e. The van der Waals surface area contributed by atoms with Crippen molar-refractivity contribution in [2.45, 2.75) is 17.8 Å². The van der Waals surface area contributed by atoms with Gasteiger partial charge in [0, 0.05) is 28.0 Å². The third kappa shape index (κ3) is 3.02. The first-order valence-electron chi connectivity index (χ1n) is 4.95. The van der Waals surface area contributed by atoms with Gasteiger partial charge in [-0.1, -0.05) is 31.9 Å². The Hall–Kier alpha value is 0.0700. The Bertz CT molecular complexity index is 356. The van der Waals surface area contributed by atoms with Gasteiger partial charge in [-0.05, 0) is 31.2 Å². The van der Waals surface area contributed by atoms with E-state index in [2.05, 4.69) is 36.8 Å². The molecule has 0 radical (unpaired) electrons. The third-order valence-corrected chi connectivity index (χ3v) is 3.86. The van der Waals surface area contributed by atoms with Crippen molar-refractivity contribution in [1.29, 1.82) is 0 Å². The summed E-state index contributed by atoms with van der Waals surface area (Å²) in [5.41, 5.74) is 0.769. The zero-order valence-corrected chi connectivity index (χ0v) is 11.4. The van der Waals surface area contributed by atoms with Crippen LogP contribution in [0.5, 0.6) is 0 Å². The van der Waals surface area contributed by atoms with Gasteiger partial charge in [-0.15, -0.1) is 0 Å². The summed E-state index contributed by atoms with van der Waals surface area (Å²) in [4.78, 5) is 2.83. The molecule has 1 unspecified atom stereocenters. The minimum absolute atomic E-state index is 0.115. The molecule has 1 nitrogen and oxygen atoms in total. The van der Waals surface area contributed by atoms with Crippen molar-refractivity contribution in [3.8, 4) is 0 Å². The predicted molar refractivity (Wildman–Crippen MR) is 66.7 cm³/mol.